The van der Waals surface area contributed by atoms with E-state index in [0.29, 0.717) is 18.6 Å². The van der Waals surface area contributed by atoms with Crippen molar-refractivity contribution in [2.45, 2.75) is 23.7 Å². The zero-order valence-electron chi connectivity index (χ0n) is 16.4. The van der Waals surface area contributed by atoms with Gasteiger partial charge in [-0.25, -0.2) is 8.42 Å². The van der Waals surface area contributed by atoms with Crippen LogP contribution in [0.3, 0.4) is 0 Å². The number of aromatic nitrogens is 3. The fourth-order valence-corrected chi connectivity index (χ4v) is 5.96. The number of pyridine rings is 1. The normalized spacial score (nSPS) is 17.9. The number of nitrogens with zero attached hydrogens (tertiary/aromatic N) is 3. The molecule has 0 radical (unpaired) electrons. The van der Waals surface area contributed by atoms with E-state index < -0.39 is 10.0 Å². The lowest BCUT2D eigenvalue weighted by molar-refractivity contribution is 0.313. The van der Waals surface area contributed by atoms with Crippen LogP contribution in [-0.2, 0) is 10.0 Å². The maximum absolute atomic E-state index is 13.5. The Morgan fingerprint density at radius 1 is 1.00 bits per heavy atom. The summed E-state index contributed by atoms with van der Waals surface area (Å²) in [7, 11) is -3.65. The lowest BCUT2D eigenvalue weighted by Gasteiger charge is -2.32. The summed E-state index contributed by atoms with van der Waals surface area (Å²) < 4.78 is 28.7. The van der Waals surface area contributed by atoms with Crippen molar-refractivity contribution in [3.63, 3.8) is 0 Å². The van der Waals surface area contributed by atoms with Crippen molar-refractivity contribution in [3.8, 4) is 11.1 Å². The zero-order chi connectivity index (χ0) is 20.6. The number of H-pyrrole nitrogens is 1. The number of fused-ring (bicyclic) bond motifs is 1. The first-order valence-electron chi connectivity index (χ1n) is 10.1. The van der Waals surface area contributed by atoms with Gasteiger partial charge >= 0.3 is 0 Å². The first kappa shape index (κ1) is 19.0. The first-order valence-corrected chi connectivity index (χ1v) is 11.5. The molecule has 3 heterocycles. The Bertz CT molecular complexity index is 1280. The second-order valence-electron chi connectivity index (χ2n) is 7.60. The van der Waals surface area contributed by atoms with Gasteiger partial charge in [0.1, 0.15) is 4.90 Å². The van der Waals surface area contributed by atoms with Crippen molar-refractivity contribution in [2.24, 2.45) is 0 Å². The molecule has 1 aliphatic rings. The standard InChI is InChI=1S/C23H22N4O2S/c28-30(29,21-12-4-9-18-10-5-13-24-23(18)21)27-14-6-11-19(16-27)22-20(15-25-26-22)17-7-2-1-3-8-17/h1-5,7-10,12-13,15,19H,6,11,14,16H2,(H,25,26). The van der Waals surface area contributed by atoms with E-state index in [9.17, 15) is 8.42 Å². The van der Waals surface area contributed by atoms with Crippen LogP contribution < -0.4 is 0 Å². The van der Waals surface area contributed by atoms with E-state index >= 15 is 0 Å². The van der Waals surface area contributed by atoms with E-state index in [1.54, 1.807) is 22.6 Å². The van der Waals surface area contributed by atoms with Crippen molar-refractivity contribution in [2.75, 3.05) is 13.1 Å². The monoisotopic (exact) mass is 418 g/mol. The molecule has 152 valence electrons. The minimum atomic E-state index is -3.65. The van der Waals surface area contributed by atoms with E-state index in [0.717, 1.165) is 35.0 Å². The molecule has 2 aromatic carbocycles. The fourth-order valence-electron chi connectivity index (χ4n) is 4.27. The molecular formula is C23H22N4O2S. The number of benzene rings is 2. The van der Waals surface area contributed by atoms with Gasteiger partial charge in [0.15, 0.2) is 0 Å². The molecule has 6 nitrogen and oxygen atoms in total. The van der Waals surface area contributed by atoms with Gasteiger partial charge < -0.3 is 0 Å². The highest BCUT2D eigenvalue weighted by Gasteiger charge is 2.33. The van der Waals surface area contributed by atoms with Gasteiger partial charge in [0.05, 0.1) is 11.7 Å². The number of piperidine rings is 1. The molecule has 1 saturated heterocycles. The molecule has 1 aliphatic heterocycles. The van der Waals surface area contributed by atoms with Crippen molar-refractivity contribution < 1.29 is 8.42 Å². The van der Waals surface area contributed by atoms with Crippen molar-refractivity contribution >= 4 is 20.9 Å². The molecule has 1 fully saturated rings. The molecule has 2 aromatic heterocycles. The maximum atomic E-state index is 13.5. The summed E-state index contributed by atoms with van der Waals surface area (Å²) in [6.07, 6.45) is 5.18. The molecular weight excluding hydrogens is 396 g/mol. The minimum Gasteiger partial charge on any atom is -0.282 e. The number of aromatic amines is 1. The second kappa shape index (κ2) is 7.66. The summed E-state index contributed by atoms with van der Waals surface area (Å²) in [5.41, 5.74) is 3.64. The molecule has 0 saturated carbocycles. The first-order chi connectivity index (χ1) is 14.6. The third-order valence-electron chi connectivity index (χ3n) is 5.76. The molecule has 30 heavy (non-hydrogen) atoms. The average Bonchev–Trinajstić information content (AvgIpc) is 3.29. The van der Waals surface area contributed by atoms with E-state index in [4.69, 9.17) is 0 Å². The van der Waals surface area contributed by atoms with Crippen molar-refractivity contribution in [1.82, 2.24) is 19.5 Å². The third kappa shape index (κ3) is 3.30. The summed E-state index contributed by atoms with van der Waals surface area (Å²) in [4.78, 5) is 4.62. The summed E-state index contributed by atoms with van der Waals surface area (Å²) >= 11 is 0. The highest BCUT2D eigenvalue weighted by molar-refractivity contribution is 7.89. The largest absolute Gasteiger partial charge is 0.282 e. The van der Waals surface area contributed by atoms with Gasteiger partial charge in [0.2, 0.25) is 10.0 Å². The average molecular weight is 419 g/mol. The minimum absolute atomic E-state index is 0.0640. The molecule has 1 N–H and O–H groups in total. The van der Waals surface area contributed by atoms with Gasteiger partial charge in [-0.15, -0.1) is 0 Å². The highest BCUT2D eigenvalue weighted by atomic mass is 32.2. The number of sulfonamides is 1. The number of hydrogen-bond acceptors (Lipinski definition) is 4. The van der Waals surface area contributed by atoms with Crippen LogP contribution in [-0.4, -0.2) is 41.0 Å². The van der Waals surface area contributed by atoms with Crippen LogP contribution in [0.15, 0.2) is 78.0 Å². The van der Waals surface area contributed by atoms with Crippen LogP contribution in [0.4, 0.5) is 0 Å². The molecule has 0 amide bonds. The Morgan fingerprint density at radius 2 is 1.83 bits per heavy atom. The van der Waals surface area contributed by atoms with Crippen LogP contribution in [0.1, 0.15) is 24.5 Å². The molecule has 1 atom stereocenters. The summed E-state index contributed by atoms with van der Waals surface area (Å²) in [6, 6.07) is 19.1. The fraction of sp³-hybridized carbons (Fsp3) is 0.217. The summed E-state index contributed by atoms with van der Waals surface area (Å²) in [5.74, 6) is 0.0640. The van der Waals surface area contributed by atoms with Crippen LogP contribution in [0.25, 0.3) is 22.0 Å². The predicted octanol–water partition coefficient (Wildman–Crippen LogP) is 4.19. The summed E-state index contributed by atoms with van der Waals surface area (Å²) in [5, 5.41) is 8.21. The van der Waals surface area contributed by atoms with Gasteiger partial charge in [0, 0.05) is 41.8 Å². The Morgan fingerprint density at radius 3 is 2.70 bits per heavy atom. The van der Waals surface area contributed by atoms with E-state index in [1.165, 1.54) is 0 Å². The SMILES string of the molecule is O=S(=O)(c1cccc2cccnc12)N1CCCC(c2[nH]ncc2-c2ccccc2)C1. The van der Waals surface area contributed by atoms with Crippen LogP contribution >= 0.6 is 0 Å². The number of para-hydroxylation sites is 1. The lowest BCUT2D eigenvalue weighted by atomic mass is 9.91. The Kier molecular flexibility index (Phi) is 4.84. The predicted molar refractivity (Wildman–Crippen MR) is 117 cm³/mol. The molecule has 0 spiro atoms. The smallest absolute Gasteiger partial charge is 0.245 e. The number of rotatable bonds is 4. The summed E-state index contributed by atoms with van der Waals surface area (Å²) in [6.45, 7) is 0.935. The van der Waals surface area contributed by atoms with Gasteiger partial charge in [-0.3, -0.25) is 10.1 Å². The molecule has 0 aliphatic carbocycles. The Labute approximate surface area is 175 Å². The van der Waals surface area contributed by atoms with Crippen LogP contribution in [0.5, 0.6) is 0 Å². The Hall–Kier alpha value is -3.03. The lowest BCUT2D eigenvalue weighted by Crippen LogP contribution is -2.39. The molecule has 1 unspecified atom stereocenters. The van der Waals surface area contributed by atoms with Gasteiger partial charge in [-0.05, 0) is 30.5 Å². The van der Waals surface area contributed by atoms with Crippen LogP contribution in [0.2, 0.25) is 0 Å². The molecule has 5 rings (SSSR count). The second-order valence-corrected chi connectivity index (χ2v) is 9.50. The van der Waals surface area contributed by atoms with Crippen molar-refractivity contribution in [3.05, 3.63) is 78.8 Å². The third-order valence-corrected chi connectivity index (χ3v) is 7.66. The number of hydrogen-bond donors (Lipinski definition) is 1. The van der Waals surface area contributed by atoms with E-state index in [1.807, 2.05) is 54.7 Å². The van der Waals surface area contributed by atoms with E-state index in [2.05, 4.69) is 15.2 Å². The Balaban J connectivity index is 1.49. The van der Waals surface area contributed by atoms with Crippen molar-refractivity contribution in [1.29, 1.82) is 0 Å². The number of nitrogens with one attached hydrogen (secondary N) is 1. The molecule has 7 heteroatoms. The van der Waals surface area contributed by atoms with Gasteiger partial charge in [0.25, 0.3) is 0 Å². The maximum Gasteiger partial charge on any atom is 0.245 e. The van der Waals surface area contributed by atoms with E-state index in [-0.39, 0.29) is 10.8 Å². The zero-order valence-corrected chi connectivity index (χ0v) is 17.2. The highest BCUT2D eigenvalue weighted by Crippen LogP contribution is 2.35. The molecule has 0 bridgehead atoms. The van der Waals surface area contributed by atoms with Gasteiger partial charge in [-0.1, -0.05) is 48.5 Å². The van der Waals surface area contributed by atoms with Gasteiger partial charge in [-0.2, -0.15) is 9.40 Å². The van der Waals surface area contributed by atoms with Crippen LogP contribution in [0, 0.1) is 0 Å². The topological polar surface area (TPSA) is 79.0 Å². The molecule has 4 aromatic rings. The quantitative estimate of drug-likeness (QED) is 0.539.